The van der Waals surface area contributed by atoms with Gasteiger partial charge in [0.2, 0.25) is 0 Å². The van der Waals surface area contributed by atoms with Gasteiger partial charge in [0.1, 0.15) is 19.8 Å². The minimum atomic E-state index is -4.41. The van der Waals surface area contributed by atoms with Gasteiger partial charge >= 0.3 is 19.8 Å². The van der Waals surface area contributed by atoms with Crippen LogP contribution < -0.4 is 0 Å². The van der Waals surface area contributed by atoms with E-state index in [1.54, 1.807) is 0 Å². The molecular weight excluding hydrogens is 1180 g/mol. The van der Waals surface area contributed by atoms with Gasteiger partial charge in [-0.05, 0) is 122 Å². The molecule has 0 aliphatic rings. The first-order valence-electron chi connectivity index (χ1n) is 38.6. The van der Waals surface area contributed by atoms with Gasteiger partial charge in [0.05, 0.1) is 27.7 Å². The second-order valence-corrected chi connectivity index (χ2v) is 28.1. The zero-order valence-electron chi connectivity index (χ0n) is 61.4. The molecule has 1 N–H and O–H groups in total. The summed E-state index contributed by atoms with van der Waals surface area (Å²) < 4.78 is 34.8. The number of nitrogens with zero attached hydrogens (tertiary/aromatic N) is 1. The molecule has 0 aromatic carbocycles. The highest BCUT2D eigenvalue weighted by Gasteiger charge is 2.27. The Morgan fingerprint density at radius 2 is 0.606 bits per heavy atom. The smallest absolute Gasteiger partial charge is 0.462 e. The molecule has 0 radical (unpaired) electrons. The van der Waals surface area contributed by atoms with Gasteiger partial charge in [-0.15, -0.1) is 0 Å². The molecule has 0 fully saturated rings. The van der Waals surface area contributed by atoms with Gasteiger partial charge in [0, 0.05) is 12.8 Å². The first-order valence-corrected chi connectivity index (χ1v) is 40.1. The minimum Gasteiger partial charge on any atom is -0.462 e. The normalized spacial score (nSPS) is 13.9. The van der Waals surface area contributed by atoms with E-state index in [-0.39, 0.29) is 32.0 Å². The zero-order valence-corrected chi connectivity index (χ0v) is 62.3. The average molecular weight is 1330 g/mol. The molecule has 538 valence electrons. The standard InChI is InChI=1S/C84H144NO8P/c1-6-8-10-12-14-16-18-20-22-24-26-28-30-32-34-36-38-39-40-41-42-43-44-45-47-49-51-53-55-57-59-61-63-65-67-69-71-73-75-77-84(87)93-82(81-92-94(88,89)91-79-78-85(3,4)5)80-90-83(86)76-74-72-70-68-66-64-62-60-58-56-54-52-50-48-46-37-35-33-31-29-27-25-23-21-19-17-15-13-11-9-7-2/h8,10,14,16,19-22,25-28,32,34,38-39,41-42,44-45,49,51,55,57,82H,6-7,9,11-13,15,17-18,23-24,29-31,33,35-37,40,43,46-48,50,52-54,56,58-81H2,1-5H3/p+1/b10-8-,16-14-,21-19-,22-20-,27-25-,28-26-,34-32-,39-38-,42-41-,45-44-,51-49-,57-55-. The maximum atomic E-state index is 12.9. The molecule has 0 amide bonds. The van der Waals surface area contributed by atoms with Crippen molar-refractivity contribution in [3.63, 3.8) is 0 Å². The van der Waals surface area contributed by atoms with E-state index in [9.17, 15) is 19.0 Å². The highest BCUT2D eigenvalue weighted by Crippen LogP contribution is 2.43. The summed E-state index contributed by atoms with van der Waals surface area (Å²) in [7, 11) is 1.46. The lowest BCUT2D eigenvalue weighted by Gasteiger charge is -2.24. The largest absolute Gasteiger partial charge is 0.472 e. The van der Waals surface area contributed by atoms with E-state index in [0.29, 0.717) is 17.4 Å². The first kappa shape index (κ1) is 89.9. The summed E-state index contributed by atoms with van der Waals surface area (Å²) in [6, 6.07) is 0. The van der Waals surface area contributed by atoms with Crippen molar-refractivity contribution in [3.05, 3.63) is 146 Å². The average Bonchev–Trinajstić information content (AvgIpc) is 1.56. The van der Waals surface area contributed by atoms with Crippen LogP contribution in [0.2, 0.25) is 0 Å². The van der Waals surface area contributed by atoms with Crippen LogP contribution >= 0.6 is 7.82 Å². The number of likely N-dealkylation sites (N-methyl/N-ethyl adjacent to an activating group) is 1. The molecular formula is C84H145NO8P+. The fourth-order valence-corrected chi connectivity index (χ4v) is 11.2. The van der Waals surface area contributed by atoms with E-state index in [1.165, 1.54) is 173 Å². The van der Waals surface area contributed by atoms with Gasteiger partial charge in [-0.1, -0.05) is 333 Å². The molecule has 9 nitrogen and oxygen atoms in total. The summed E-state index contributed by atoms with van der Waals surface area (Å²) >= 11 is 0. The quantitative estimate of drug-likeness (QED) is 0.0211. The van der Waals surface area contributed by atoms with Crippen LogP contribution in [0.25, 0.3) is 0 Å². The molecule has 0 rings (SSSR count). The van der Waals surface area contributed by atoms with Crippen molar-refractivity contribution >= 4 is 19.8 Å². The second-order valence-electron chi connectivity index (χ2n) is 26.7. The zero-order chi connectivity index (χ0) is 68.3. The first-order chi connectivity index (χ1) is 46.0. The van der Waals surface area contributed by atoms with Crippen molar-refractivity contribution in [2.24, 2.45) is 0 Å². The van der Waals surface area contributed by atoms with Gasteiger partial charge in [0.15, 0.2) is 6.10 Å². The van der Waals surface area contributed by atoms with Crippen LogP contribution in [0.5, 0.6) is 0 Å². The lowest BCUT2D eigenvalue weighted by atomic mass is 10.0. The number of ether oxygens (including phenoxy) is 2. The van der Waals surface area contributed by atoms with Gasteiger partial charge in [0.25, 0.3) is 0 Å². The Morgan fingerprint density at radius 3 is 0.904 bits per heavy atom. The van der Waals surface area contributed by atoms with Crippen molar-refractivity contribution in [2.45, 2.75) is 328 Å². The molecule has 0 saturated carbocycles. The van der Waals surface area contributed by atoms with Crippen LogP contribution in [0, 0.1) is 0 Å². The number of allylic oxidation sites excluding steroid dienone is 24. The van der Waals surface area contributed by atoms with E-state index < -0.39 is 26.5 Å². The lowest BCUT2D eigenvalue weighted by Crippen LogP contribution is -2.37. The number of esters is 2. The molecule has 0 bridgehead atoms. The summed E-state index contributed by atoms with van der Waals surface area (Å²) in [5.41, 5.74) is 0. The third kappa shape index (κ3) is 76.9. The highest BCUT2D eigenvalue weighted by molar-refractivity contribution is 7.47. The Balaban J connectivity index is 4.07. The predicted molar refractivity (Wildman–Crippen MR) is 408 cm³/mol. The minimum absolute atomic E-state index is 0.0245. The van der Waals surface area contributed by atoms with Crippen LogP contribution in [-0.2, 0) is 32.7 Å². The van der Waals surface area contributed by atoms with Crippen LogP contribution in [0.3, 0.4) is 0 Å². The van der Waals surface area contributed by atoms with Gasteiger partial charge in [-0.2, -0.15) is 0 Å². The molecule has 2 unspecified atom stereocenters. The number of rotatable bonds is 70. The third-order valence-corrected chi connectivity index (χ3v) is 17.3. The monoisotopic (exact) mass is 1330 g/mol. The Morgan fingerprint density at radius 1 is 0.340 bits per heavy atom. The lowest BCUT2D eigenvalue weighted by molar-refractivity contribution is -0.870. The summed E-state index contributed by atoms with van der Waals surface area (Å²) in [4.78, 5) is 36.0. The van der Waals surface area contributed by atoms with E-state index in [4.69, 9.17) is 18.5 Å². The number of hydrogen-bond donors (Lipinski definition) is 1. The van der Waals surface area contributed by atoms with Crippen molar-refractivity contribution < 1.29 is 42.1 Å². The van der Waals surface area contributed by atoms with Crippen LogP contribution in [-0.4, -0.2) is 74.9 Å². The van der Waals surface area contributed by atoms with Crippen LogP contribution in [0.1, 0.15) is 322 Å². The molecule has 0 heterocycles. The van der Waals surface area contributed by atoms with Crippen molar-refractivity contribution in [2.75, 3.05) is 47.5 Å². The van der Waals surface area contributed by atoms with Crippen molar-refractivity contribution in [3.8, 4) is 0 Å². The molecule has 94 heavy (non-hydrogen) atoms. The number of quaternary nitrogens is 1. The number of phosphoric ester groups is 1. The number of carbonyl (C=O) groups is 2. The van der Waals surface area contributed by atoms with E-state index in [1.807, 2.05) is 21.1 Å². The predicted octanol–water partition coefficient (Wildman–Crippen LogP) is 25.7. The van der Waals surface area contributed by atoms with E-state index >= 15 is 0 Å². The number of phosphoric acid groups is 1. The fourth-order valence-electron chi connectivity index (χ4n) is 10.5. The molecule has 0 aliphatic heterocycles. The third-order valence-electron chi connectivity index (χ3n) is 16.4. The molecule has 0 aliphatic carbocycles. The van der Waals surface area contributed by atoms with Gasteiger partial charge in [-0.3, -0.25) is 18.6 Å². The number of carbonyl (C=O) groups excluding carboxylic acids is 2. The molecule has 10 heteroatoms. The molecule has 0 saturated heterocycles. The second kappa shape index (κ2) is 73.1. The molecule has 0 aromatic heterocycles. The van der Waals surface area contributed by atoms with Crippen molar-refractivity contribution in [1.29, 1.82) is 0 Å². The van der Waals surface area contributed by atoms with Crippen LogP contribution in [0.15, 0.2) is 146 Å². The summed E-state index contributed by atoms with van der Waals surface area (Å²) in [6.45, 7) is 4.32. The van der Waals surface area contributed by atoms with E-state index in [0.717, 1.165) is 116 Å². The van der Waals surface area contributed by atoms with Gasteiger partial charge in [-0.25, -0.2) is 4.57 Å². The van der Waals surface area contributed by atoms with Gasteiger partial charge < -0.3 is 18.9 Å². The summed E-state index contributed by atoms with van der Waals surface area (Å²) in [5, 5.41) is 0. The summed E-state index contributed by atoms with van der Waals surface area (Å²) in [5.74, 6) is -0.804. The fraction of sp³-hybridized carbons (Fsp3) is 0.690. The molecule has 0 spiro atoms. The SMILES string of the molecule is CC/C=C\C/C=C\C/C=C\C/C=C\C/C=C\C/C=C\C/C=C\C/C=C\C/C=C\C/C=C\CCCCCCCCCCC(=O)OC(COC(=O)CCCCCCCCCCCCCCCCCCCCC/C=C\C/C=C\CCCCCCC)COP(=O)(O)OCC[N+](C)(C)C. The molecule has 2 atom stereocenters. The Labute approximate surface area is 580 Å². The van der Waals surface area contributed by atoms with Crippen LogP contribution in [0.4, 0.5) is 0 Å². The summed E-state index contributed by atoms with van der Waals surface area (Å²) in [6.07, 6.45) is 108. The topological polar surface area (TPSA) is 108 Å². The number of hydrogen-bond acceptors (Lipinski definition) is 7. The van der Waals surface area contributed by atoms with E-state index in [2.05, 4.69) is 160 Å². The Hall–Kier alpha value is -4.11. The molecule has 0 aromatic rings. The van der Waals surface area contributed by atoms with Crippen molar-refractivity contribution in [1.82, 2.24) is 0 Å². The maximum absolute atomic E-state index is 12.9. The number of unbranched alkanes of at least 4 members (excludes halogenated alkanes) is 32. The Bertz CT molecular complexity index is 2100. The highest BCUT2D eigenvalue weighted by atomic mass is 31.2. The Kier molecular flexibility index (Phi) is 69.9. The maximum Gasteiger partial charge on any atom is 0.472 e.